The Bertz CT molecular complexity index is 273. The molecule has 11 heavy (non-hydrogen) atoms. The van der Waals surface area contributed by atoms with Crippen LogP contribution in [0.25, 0.3) is 0 Å². The van der Waals surface area contributed by atoms with E-state index < -0.39 is 0 Å². The molecule has 0 aliphatic carbocycles. The average Bonchev–Trinajstić information content (AvgIpc) is 1.98. The van der Waals surface area contributed by atoms with Gasteiger partial charge in [-0.05, 0) is 34.1 Å². The zero-order chi connectivity index (χ0) is 8.27. The van der Waals surface area contributed by atoms with Crippen molar-refractivity contribution in [3.63, 3.8) is 0 Å². The minimum atomic E-state index is -0.304. The van der Waals surface area contributed by atoms with Crippen LogP contribution in [-0.4, -0.2) is 0 Å². The van der Waals surface area contributed by atoms with E-state index in [4.69, 9.17) is 4.74 Å². The molecule has 0 aliphatic rings. The van der Waals surface area contributed by atoms with Crippen LogP contribution in [0, 0.1) is 5.82 Å². The zero-order valence-corrected chi connectivity index (χ0v) is 7.27. The van der Waals surface area contributed by atoms with Gasteiger partial charge in [0.15, 0.2) is 0 Å². The number of ether oxygens (including phenoxy) is 1. The van der Waals surface area contributed by atoms with Gasteiger partial charge in [0.1, 0.15) is 11.6 Å². The second-order valence-electron chi connectivity index (χ2n) is 1.86. The molecule has 1 aromatic carbocycles. The van der Waals surface area contributed by atoms with Crippen LogP contribution in [0.5, 0.6) is 5.75 Å². The molecule has 0 heterocycles. The van der Waals surface area contributed by atoms with E-state index in [-0.39, 0.29) is 5.82 Å². The molecule has 0 amide bonds. The molecule has 0 fully saturated rings. The van der Waals surface area contributed by atoms with Gasteiger partial charge in [-0.2, -0.15) is 0 Å². The van der Waals surface area contributed by atoms with E-state index in [1.807, 2.05) is 0 Å². The highest BCUT2D eigenvalue weighted by Crippen LogP contribution is 2.21. The number of halogens is 2. The van der Waals surface area contributed by atoms with Crippen LogP contribution in [0.15, 0.2) is 35.5 Å². The highest BCUT2D eigenvalue weighted by atomic mass is 79.9. The van der Waals surface area contributed by atoms with Gasteiger partial charge in [-0.15, -0.1) is 0 Å². The molecule has 0 bridgehead atoms. The van der Waals surface area contributed by atoms with Gasteiger partial charge < -0.3 is 4.74 Å². The van der Waals surface area contributed by atoms with Crippen LogP contribution in [0.2, 0.25) is 0 Å². The van der Waals surface area contributed by atoms with Crippen LogP contribution in [0.4, 0.5) is 4.39 Å². The van der Waals surface area contributed by atoms with E-state index in [2.05, 4.69) is 22.5 Å². The Morgan fingerprint density at radius 2 is 2.27 bits per heavy atom. The maximum Gasteiger partial charge on any atom is 0.137 e. The highest BCUT2D eigenvalue weighted by molar-refractivity contribution is 9.10. The minimum absolute atomic E-state index is 0.304. The molecule has 0 unspecified atom stereocenters. The van der Waals surface area contributed by atoms with Crippen molar-refractivity contribution < 1.29 is 9.13 Å². The number of rotatable bonds is 2. The van der Waals surface area contributed by atoms with Crippen molar-refractivity contribution in [3.05, 3.63) is 41.3 Å². The fourth-order valence-electron chi connectivity index (χ4n) is 0.646. The van der Waals surface area contributed by atoms with Crippen LogP contribution < -0.4 is 4.74 Å². The summed E-state index contributed by atoms with van der Waals surface area (Å²) in [5, 5.41) is 0. The molecule has 1 rings (SSSR count). The van der Waals surface area contributed by atoms with E-state index in [9.17, 15) is 4.39 Å². The van der Waals surface area contributed by atoms with Crippen LogP contribution in [0.3, 0.4) is 0 Å². The Morgan fingerprint density at radius 3 is 2.82 bits per heavy atom. The van der Waals surface area contributed by atoms with Crippen molar-refractivity contribution in [2.24, 2.45) is 0 Å². The van der Waals surface area contributed by atoms with E-state index >= 15 is 0 Å². The van der Waals surface area contributed by atoms with E-state index in [0.29, 0.717) is 10.2 Å². The Kier molecular flexibility index (Phi) is 2.65. The van der Waals surface area contributed by atoms with Gasteiger partial charge in [0, 0.05) is 0 Å². The van der Waals surface area contributed by atoms with Gasteiger partial charge in [0.2, 0.25) is 0 Å². The summed E-state index contributed by atoms with van der Waals surface area (Å²) >= 11 is 3.03. The predicted octanol–water partition coefficient (Wildman–Crippen LogP) is 3.11. The quantitative estimate of drug-likeness (QED) is 0.691. The maximum atomic E-state index is 12.6. The van der Waals surface area contributed by atoms with Gasteiger partial charge in [-0.3, -0.25) is 0 Å². The van der Waals surface area contributed by atoms with Crippen LogP contribution >= 0.6 is 15.9 Å². The molecule has 1 aromatic rings. The highest BCUT2D eigenvalue weighted by Gasteiger charge is 1.98. The van der Waals surface area contributed by atoms with Crippen molar-refractivity contribution in [2.75, 3.05) is 0 Å². The van der Waals surface area contributed by atoms with Gasteiger partial charge in [0.05, 0.1) is 10.7 Å². The maximum absolute atomic E-state index is 12.6. The fraction of sp³-hybridized carbons (Fsp3) is 0. The Morgan fingerprint density at radius 1 is 1.55 bits per heavy atom. The molecule has 3 heteroatoms. The normalized spacial score (nSPS) is 9.27. The molecule has 1 nitrogen and oxygen atoms in total. The molecule has 0 aliphatic heterocycles. The van der Waals surface area contributed by atoms with Gasteiger partial charge in [-0.25, -0.2) is 4.39 Å². The lowest BCUT2D eigenvalue weighted by Gasteiger charge is -1.99. The monoisotopic (exact) mass is 216 g/mol. The largest absolute Gasteiger partial charge is 0.466 e. The second-order valence-corrected chi connectivity index (χ2v) is 2.71. The summed E-state index contributed by atoms with van der Waals surface area (Å²) in [6.45, 7) is 3.38. The Hall–Kier alpha value is -0.830. The molecule has 0 N–H and O–H groups in total. The number of hydrogen-bond donors (Lipinski definition) is 0. The topological polar surface area (TPSA) is 9.23 Å². The summed E-state index contributed by atoms with van der Waals surface area (Å²) in [7, 11) is 0. The van der Waals surface area contributed by atoms with Crippen molar-refractivity contribution >= 4 is 15.9 Å². The van der Waals surface area contributed by atoms with Gasteiger partial charge >= 0.3 is 0 Å². The molecule has 0 spiro atoms. The smallest absolute Gasteiger partial charge is 0.137 e. The summed E-state index contributed by atoms with van der Waals surface area (Å²) in [6.07, 6.45) is 1.29. The molecule has 0 radical (unpaired) electrons. The molecule has 58 valence electrons. The first-order valence-corrected chi connectivity index (χ1v) is 3.76. The Labute approximate surface area is 72.6 Å². The lowest BCUT2D eigenvalue weighted by molar-refractivity contribution is 0.480. The third-order valence-electron chi connectivity index (χ3n) is 1.11. The third-order valence-corrected chi connectivity index (χ3v) is 1.72. The number of benzene rings is 1. The van der Waals surface area contributed by atoms with Gasteiger partial charge in [-0.1, -0.05) is 6.58 Å². The lowest BCUT2D eigenvalue weighted by Crippen LogP contribution is -1.82. The van der Waals surface area contributed by atoms with Crippen molar-refractivity contribution in [2.45, 2.75) is 0 Å². The molecular formula is C8H6BrFO. The van der Waals surface area contributed by atoms with Crippen molar-refractivity contribution in [3.8, 4) is 5.75 Å². The van der Waals surface area contributed by atoms with Crippen molar-refractivity contribution in [1.82, 2.24) is 0 Å². The summed E-state index contributed by atoms with van der Waals surface area (Å²) in [4.78, 5) is 0. The van der Waals surface area contributed by atoms with E-state index in [0.717, 1.165) is 0 Å². The Balaban J connectivity index is 2.95. The first-order valence-electron chi connectivity index (χ1n) is 2.96. The van der Waals surface area contributed by atoms with Crippen LogP contribution in [-0.2, 0) is 0 Å². The zero-order valence-electron chi connectivity index (χ0n) is 5.68. The minimum Gasteiger partial charge on any atom is -0.466 e. The first kappa shape index (κ1) is 8.27. The van der Waals surface area contributed by atoms with E-state index in [1.165, 1.54) is 24.5 Å². The molecule has 0 saturated carbocycles. The standard InChI is InChI=1S/C8H6BrFO/c1-2-11-6-3-4-8(10)7(9)5-6/h2-5H,1H2. The molecule has 0 atom stereocenters. The summed E-state index contributed by atoms with van der Waals surface area (Å²) in [5.74, 6) is 0.259. The molecule has 0 saturated heterocycles. The SMILES string of the molecule is C=COc1ccc(F)c(Br)c1. The summed E-state index contributed by atoms with van der Waals surface area (Å²) in [5.41, 5.74) is 0. The predicted molar refractivity (Wildman–Crippen MR) is 44.9 cm³/mol. The van der Waals surface area contributed by atoms with E-state index in [1.54, 1.807) is 0 Å². The first-order chi connectivity index (χ1) is 5.24. The fourth-order valence-corrected chi connectivity index (χ4v) is 1.00. The van der Waals surface area contributed by atoms with Crippen LogP contribution in [0.1, 0.15) is 0 Å². The summed E-state index contributed by atoms with van der Waals surface area (Å²) < 4.78 is 17.9. The average molecular weight is 217 g/mol. The molecular weight excluding hydrogens is 211 g/mol. The number of hydrogen-bond acceptors (Lipinski definition) is 1. The molecule has 0 aromatic heterocycles. The van der Waals surface area contributed by atoms with Gasteiger partial charge in [0.25, 0.3) is 0 Å². The third kappa shape index (κ3) is 2.05. The summed E-state index contributed by atoms with van der Waals surface area (Å²) in [6, 6.07) is 4.39. The van der Waals surface area contributed by atoms with Crippen molar-refractivity contribution in [1.29, 1.82) is 0 Å². The lowest BCUT2D eigenvalue weighted by atomic mass is 10.3. The second kappa shape index (κ2) is 3.53.